The Balaban J connectivity index is 1.80. The van der Waals surface area contributed by atoms with E-state index in [2.05, 4.69) is 19.2 Å². The van der Waals surface area contributed by atoms with Crippen molar-refractivity contribution in [3.63, 3.8) is 0 Å². The third-order valence-electron chi connectivity index (χ3n) is 5.58. The number of rotatable bonds is 5. The summed E-state index contributed by atoms with van der Waals surface area (Å²) in [5, 5.41) is 2.88. The quantitative estimate of drug-likeness (QED) is 0.809. The molecule has 2 aliphatic rings. The lowest BCUT2D eigenvalue weighted by Crippen LogP contribution is -2.49. The molecule has 0 aliphatic carbocycles. The van der Waals surface area contributed by atoms with Crippen molar-refractivity contribution in [1.82, 2.24) is 15.1 Å². The largest absolute Gasteiger partial charge is 0.341 e. The normalized spacial score (nSPS) is 28.4. The predicted octanol–water partition coefficient (Wildman–Crippen LogP) is 2.74. The minimum atomic E-state index is -1.07. The number of amides is 4. The molecular formula is C21H29N3O3. The maximum atomic E-state index is 13.2. The van der Waals surface area contributed by atoms with Crippen molar-refractivity contribution in [3.8, 4) is 0 Å². The van der Waals surface area contributed by atoms with Crippen molar-refractivity contribution in [2.75, 3.05) is 19.6 Å². The fourth-order valence-electron chi connectivity index (χ4n) is 4.48. The Morgan fingerprint density at radius 3 is 2.37 bits per heavy atom. The number of hydrogen-bond acceptors (Lipinski definition) is 3. The number of piperidine rings is 1. The molecule has 2 fully saturated rings. The zero-order valence-corrected chi connectivity index (χ0v) is 16.4. The molecule has 0 bridgehead atoms. The molecule has 1 N–H and O–H groups in total. The topological polar surface area (TPSA) is 69.7 Å². The van der Waals surface area contributed by atoms with Gasteiger partial charge in [0.25, 0.3) is 5.91 Å². The minimum absolute atomic E-state index is 0.155. The van der Waals surface area contributed by atoms with E-state index in [0.29, 0.717) is 31.3 Å². The van der Waals surface area contributed by atoms with Crippen LogP contribution < -0.4 is 5.32 Å². The number of hydrogen-bond donors (Lipinski definition) is 1. The highest BCUT2D eigenvalue weighted by molar-refractivity contribution is 6.09. The van der Waals surface area contributed by atoms with Gasteiger partial charge in [0.05, 0.1) is 0 Å². The Hall–Kier alpha value is -2.37. The summed E-state index contributed by atoms with van der Waals surface area (Å²) in [4.78, 5) is 41.5. The van der Waals surface area contributed by atoms with E-state index in [1.54, 1.807) is 4.90 Å². The Morgan fingerprint density at radius 1 is 1.15 bits per heavy atom. The van der Waals surface area contributed by atoms with Crippen LogP contribution in [0.4, 0.5) is 4.79 Å². The first-order valence-corrected chi connectivity index (χ1v) is 9.84. The van der Waals surface area contributed by atoms with Crippen molar-refractivity contribution < 1.29 is 14.4 Å². The molecule has 3 rings (SSSR count). The molecule has 3 unspecified atom stereocenters. The molecule has 0 saturated carbocycles. The lowest BCUT2D eigenvalue weighted by atomic mass is 9.85. The zero-order valence-electron chi connectivity index (χ0n) is 16.4. The molecular weight excluding hydrogens is 342 g/mol. The highest BCUT2D eigenvalue weighted by Crippen LogP contribution is 2.33. The second-order valence-electron chi connectivity index (χ2n) is 8.09. The van der Waals surface area contributed by atoms with Gasteiger partial charge in [0, 0.05) is 13.1 Å². The summed E-state index contributed by atoms with van der Waals surface area (Å²) in [6.07, 6.45) is 2.34. The lowest BCUT2D eigenvalue weighted by Gasteiger charge is -2.35. The van der Waals surface area contributed by atoms with Gasteiger partial charge in [-0.3, -0.25) is 14.5 Å². The fourth-order valence-corrected chi connectivity index (χ4v) is 4.48. The van der Waals surface area contributed by atoms with E-state index in [4.69, 9.17) is 0 Å². The van der Waals surface area contributed by atoms with E-state index in [9.17, 15) is 14.4 Å². The highest BCUT2D eigenvalue weighted by Gasteiger charge is 2.52. The third-order valence-corrected chi connectivity index (χ3v) is 5.58. The molecule has 27 heavy (non-hydrogen) atoms. The zero-order chi connectivity index (χ0) is 19.6. The van der Waals surface area contributed by atoms with Gasteiger partial charge in [0.15, 0.2) is 0 Å². The van der Waals surface area contributed by atoms with Crippen molar-refractivity contribution in [2.45, 2.75) is 45.6 Å². The van der Waals surface area contributed by atoms with Crippen LogP contribution in [-0.2, 0) is 15.1 Å². The van der Waals surface area contributed by atoms with Gasteiger partial charge in [0.2, 0.25) is 5.91 Å². The molecule has 6 heteroatoms. The number of carbonyl (C=O) groups is 3. The summed E-state index contributed by atoms with van der Waals surface area (Å²) in [6.45, 7) is 7.42. The number of benzene rings is 1. The molecule has 2 aliphatic heterocycles. The van der Waals surface area contributed by atoms with E-state index < -0.39 is 11.6 Å². The van der Waals surface area contributed by atoms with Crippen molar-refractivity contribution in [2.24, 2.45) is 11.8 Å². The number of carbonyl (C=O) groups excluding carboxylic acids is 3. The maximum absolute atomic E-state index is 13.2. The number of likely N-dealkylation sites (tertiary alicyclic amines) is 1. The van der Waals surface area contributed by atoms with Crippen LogP contribution in [-0.4, -0.2) is 47.3 Å². The van der Waals surface area contributed by atoms with E-state index in [-0.39, 0.29) is 18.4 Å². The monoisotopic (exact) mass is 371 g/mol. The summed E-state index contributed by atoms with van der Waals surface area (Å²) in [5.41, 5.74) is -0.309. The van der Waals surface area contributed by atoms with Gasteiger partial charge < -0.3 is 10.2 Å². The molecule has 6 nitrogen and oxygen atoms in total. The number of imide groups is 1. The molecule has 0 aromatic heterocycles. The predicted molar refractivity (Wildman–Crippen MR) is 103 cm³/mol. The van der Waals surface area contributed by atoms with Crippen LogP contribution in [0.3, 0.4) is 0 Å². The van der Waals surface area contributed by atoms with Gasteiger partial charge in [0.1, 0.15) is 12.1 Å². The minimum Gasteiger partial charge on any atom is -0.341 e. The molecule has 2 heterocycles. The maximum Gasteiger partial charge on any atom is 0.325 e. The number of urea groups is 1. The number of nitrogens with one attached hydrogen (secondary N) is 1. The first kappa shape index (κ1) is 19.4. The van der Waals surface area contributed by atoms with Crippen molar-refractivity contribution in [3.05, 3.63) is 35.9 Å². The third kappa shape index (κ3) is 3.70. The van der Waals surface area contributed by atoms with Crippen LogP contribution in [0, 0.1) is 11.8 Å². The van der Waals surface area contributed by atoms with Crippen molar-refractivity contribution >= 4 is 17.8 Å². The molecule has 3 atom stereocenters. The fraction of sp³-hybridized carbons (Fsp3) is 0.571. The number of nitrogens with zero attached hydrogens (tertiary/aromatic N) is 2. The van der Waals surface area contributed by atoms with Gasteiger partial charge in [-0.1, -0.05) is 57.5 Å². The van der Waals surface area contributed by atoms with Gasteiger partial charge in [-0.15, -0.1) is 0 Å². The van der Waals surface area contributed by atoms with Crippen LogP contribution in [0.25, 0.3) is 0 Å². The highest BCUT2D eigenvalue weighted by atomic mass is 16.2. The van der Waals surface area contributed by atoms with Crippen LogP contribution in [0.2, 0.25) is 0 Å². The molecule has 1 aromatic carbocycles. The van der Waals surface area contributed by atoms with Crippen molar-refractivity contribution in [1.29, 1.82) is 0 Å². The van der Waals surface area contributed by atoms with Gasteiger partial charge >= 0.3 is 6.03 Å². The first-order valence-electron chi connectivity index (χ1n) is 9.84. The summed E-state index contributed by atoms with van der Waals surface area (Å²) in [7, 11) is 0. The van der Waals surface area contributed by atoms with E-state index in [1.807, 2.05) is 37.3 Å². The van der Waals surface area contributed by atoms with Gasteiger partial charge in [-0.05, 0) is 30.2 Å². The smallest absolute Gasteiger partial charge is 0.325 e. The average molecular weight is 371 g/mol. The van der Waals surface area contributed by atoms with Crippen LogP contribution >= 0.6 is 0 Å². The summed E-state index contributed by atoms with van der Waals surface area (Å²) < 4.78 is 0. The Labute approximate surface area is 160 Å². The lowest BCUT2D eigenvalue weighted by molar-refractivity contribution is -0.140. The van der Waals surface area contributed by atoms with Crippen LogP contribution in [0.15, 0.2) is 30.3 Å². The molecule has 0 radical (unpaired) electrons. The molecule has 146 valence electrons. The molecule has 2 saturated heterocycles. The standard InChI is InChI=1S/C21H29N3O3/c1-4-10-21(17-8-6-5-7-9-17)19(26)24(20(27)22-21)14-18(25)23-12-15(2)11-16(3)13-23/h5-9,15-16H,4,10-14H2,1-3H3,(H,22,27). The van der Waals surface area contributed by atoms with Crippen LogP contribution in [0.1, 0.15) is 45.6 Å². The Kier molecular flexibility index (Phi) is 5.53. The second-order valence-corrected chi connectivity index (χ2v) is 8.09. The second kappa shape index (κ2) is 7.71. The molecule has 1 aromatic rings. The first-order chi connectivity index (χ1) is 12.9. The van der Waals surface area contributed by atoms with Gasteiger partial charge in [-0.2, -0.15) is 0 Å². The van der Waals surface area contributed by atoms with E-state index in [1.165, 1.54) is 0 Å². The Morgan fingerprint density at radius 2 is 1.78 bits per heavy atom. The SMILES string of the molecule is CCCC1(c2ccccc2)NC(=O)N(CC(=O)N2CC(C)CC(C)C2)C1=O. The van der Waals surface area contributed by atoms with Crippen LogP contribution in [0.5, 0.6) is 0 Å². The summed E-state index contributed by atoms with van der Waals surface area (Å²) in [5.74, 6) is 0.387. The van der Waals surface area contributed by atoms with E-state index in [0.717, 1.165) is 23.3 Å². The van der Waals surface area contributed by atoms with Gasteiger partial charge in [-0.25, -0.2) is 4.79 Å². The molecule has 0 spiro atoms. The Bertz CT molecular complexity index is 711. The molecule has 4 amide bonds. The summed E-state index contributed by atoms with van der Waals surface area (Å²) >= 11 is 0. The summed E-state index contributed by atoms with van der Waals surface area (Å²) in [6, 6.07) is 8.82. The average Bonchev–Trinajstić information content (AvgIpc) is 2.87. The van der Waals surface area contributed by atoms with E-state index >= 15 is 0 Å².